The van der Waals surface area contributed by atoms with Gasteiger partial charge in [-0.15, -0.1) is 0 Å². The Bertz CT molecular complexity index is 519. The molecule has 0 aliphatic heterocycles. The molecule has 0 atom stereocenters. The fourth-order valence-electron chi connectivity index (χ4n) is 2.66. The smallest absolute Gasteiger partial charge is 0.238 e. The summed E-state index contributed by atoms with van der Waals surface area (Å²) in [5, 5.41) is 14.7. The van der Waals surface area contributed by atoms with Crippen molar-refractivity contribution in [1.82, 2.24) is 0 Å². The van der Waals surface area contributed by atoms with E-state index in [1.807, 2.05) is 6.92 Å². The molecule has 1 aliphatic rings. The molecule has 0 radical (unpaired) electrons. The number of nitrogens with two attached hydrogens (primary N) is 1. The minimum atomic E-state index is -0.895. The van der Waals surface area contributed by atoms with Gasteiger partial charge in [-0.1, -0.05) is 12.1 Å². The molecule has 0 heterocycles. The quantitative estimate of drug-likeness (QED) is 0.338. The Balaban J connectivity index is 2.13. The minimum Gasteiger partial charge on any atom is -0.497 e. The summed E-state index contributed by atoms with van der Waals surface area (Å²) in [4.78, 5) is 12.4. The predicted octanol–water partition coefficient (Wildman–Crippen LogP) is 1.80. The summed E-state index contributed by atoms with van der Waals surface area (Å²) in [6, 6.07) is 7.02. The Morgan fingerprint density at radius 3 is 2.50 bits per heavy atom. The van der Waals surface area contributed by atoms with Crippen LogP contribution in [0.3, 0.4) is 0 Å². The fraction of sp³-hybridized carbons (Fsp3) is 0.429. The highest BCUT2D eigenvalue weighted by Crippen LogP contribution is 2.46. The van der Waals surface area contributed by atoms with Gasteiger partial charge in [0.15, 0.2) is 5.84 Å². The third-order valence-corrected chi connectivity index (χ3v) is 3.77. The second-order valence-electron chi connectivity index (χ2n) is 5.26. The monoisotopic (exact) mass is 277 g/mol. The molecular formula is C14H19N3O3. The van der Waals surface area contributed by atoms with Crippen LogP contribution in [-0.4, -0.2) is 24.1 Å². The number of anilines is 1. The first-order valence-electron chi connectivity index (χ1n) is 6.45. The highest BCUT2D eigenvalue weighted by atomic mass is 16.5. The molecule has 6 nitrogen and oxygen atoms in total. The number of hydrogen-bond acceptors (Lipinski definition) is 4. The fourth-order valence-corrected chi connectivity index (χ4v) is 2.66. The topological polar surface area (TPSA) is 96.9 Å². The molecule has 2 rings (SSSR count). The Labute approximate surface area is 117 Å². The number of nitrogens with zero attached hydrogens (tertiary/aromatic N) is 1. The molecule has 6 heteroatoms. The molecule has 1 fully saturated rings. The molecule has 0 aromatic heterocycles. The van der Waals surface area contributed by atoms with Crippen LogP contribution in [0.15, 0.2) is 29.4 Å². The number of ether oxygens (including phenoxy) is 1. The van der Waals surface area contributed by atoms with Crippen molar-refractivity contribution in [1.29, 1.82) is 0 Å². The number of nitrogens with one attached hydrogen (secondary N) is 1. The maximum Gasteiger partial charge on any atom is 0.238 e. The van der Waals surface area contributed by atoms with Crippen molar-refractivity contribution in [3.8, 4) is 5.75 Å². The average molecular weight is 277 g/mol. The van der Waals surface area contributed by atoms with Crippen LogP contribution in [0.2, 0.25) is 0 Å². The lowest BCUT2D eigenvalue weighted by atomic mass is 9.61. The van der Waals surface area contributed by atoms with E-state index >= 15 is 0 Å². The van der Waals surface area contributed by atoms with Gasteiger partial charge in [0, 0.05) is 5.69 Å². The van der Waals surface area contributed by atoms with Gasteiger partial charge in [-0.05, 0) is 43.0 Å². The van der Waals surface area contributed by atoms with E-state index in [0.717, 1.165) is 0 Å². The van der Waals surface area contributed by atoms with E-state index in [1.54, 1.807) is 31.4 Å². The van der Waals surface area contributed by atoms with Crippen molar-refractivity contribution in [2.45, 2.75) is 19.8 Å². The van der Waals surface area contributed by atoms with E-state index in [1.165, 1.54) is 0 Å². The van der Waals surface area contributed by atoms with Gasteiger partial charge in [-0.25, -0.2) is 0 Å². The van der Waals surface area contributed by atoms with Crippen LogP contribution in [0.5, 0.6) is 5.75 Å². The van der Waals surface area contributed by atoms with Crippen molar-refractivity contribution in [2.24, 2.45) is 22.2 Å². The maximum atomic E-state index is 12.4. The molecular weight excluding hydrogens is 258 g/mol. The van der Waals surface area contributed by atoms with Crippen molar-refractivity contribution in [2.75, 3.05) is 12.4 Å². The Hall–Kier alpha value is -2.24. The van der Waals surface area contributed by atoms with E-state index < -0.39 is 5.41 Å². The minimum absolute atomic E-state index is 0.0263. The first kappa shape index (κ1) is 14.2. The highest BCUT2D eigenvalue weighted by Gasteiger charge is 2.52. The van der Waals surface area contributed by atoms with Gasteiger partial charge < -0.3 is 21.0 Å². The standard InChI is InChI=1S/C14H19N3O3/c1-9-7-14(8-9,12(15)17-19)13(18)16-10-3-5-11(20-2)6-4-10/h3-6,9,19H,7-8H2,1-2H3,(H2,15,17)(H,16,18). The SMILES string of the molecule is COc1ccc(NC(=O)C2(/C(N)=N/O)CC(C)C2)cc1. The second-order valence-corrected chi connectivity index (χ2v) is 5.26. The molecule has 1 saturated carbocycles. The van der Waals surface area contributed by atoms with Crippen LogP contribution in [0.1, 0.15) is 19.8 Å². The van der Waals surface area contributed by atoms with Crippen LogP contribution in [0.25, 0.3) is 0 Å². The maximum absolute atomic E-state index is 12.4. The number of amides is 1. The number of hydrogen-bond donors (Lipinski definition) is 3. The molecule has 20 heavy (non-hydrogen) atoms. The normalized spacial score (nSPS) is 25.7. The number of methoxy groups -OCH3 is 1. The summed E-state index contributed by atoms with van der Waals surface area (Å²) in [6.45, 7) is 2.03. The summed E-state index contributed by atoms with van der Waals surface area (Å²) in [5.41, 5.74) is 5.45. The second kappa shape index (κ2) is 5.40. The number of carbonyl (C=O) groups excluding carboxylic acids is 1. The predicted molar refractivity (Wildman–Crippen MR) is 75.9 cm³/mol. The van der Waals surface area contributed by atoms with Crippen LogP contribution in [0, 0.1) is 11.3 Å². The third kappa shape index (κ3) is 2.41. The number of benzene rings is 1. The van der Waals surface area contributed by atoms with Crippen LogP contribution in [0.4, 0.5) is 5.69 Å². The summed E-state index contributed by atoms with van der Waals surface area (Å²) in [5.74, 6) is 0.834. The van der Waals surface area contributed by atoms with Gasteiger partial charge >= 0.3 is 0 Å². The van der Waals surface area contributed by atoms with E-state index in [4.69, 9.17) is 15.7 Å². The van der Waals surface area contributed by atoms with Crippen molar-refractivity contribution >= 4 is 17.4 Å². The molecule has 0 unspecified atom stereocenters. The lowest BCUT2D eigenvalue weighted by Gasteiger charge is -2.43. The number of rotatable bonds is 4. The number of oxime groups is 1. The lowest BCUT2D eigenvalue weighted by molar-refractivity contribution is -0.127. The first-order chi connectivity index (χ1) is 9.51. The summed E-state index contributed by atoms with van der Waals surface area (Å²) in [6.07, 6.45) is 1.18. The van der Waals surface area contributed by atoms with E-state index in [0.29, 0.717) is 30.2 Å². The summed E-state index contributed by atoms with van der Waals surface area (Å²) in [7, 11) is 1.58. The van der Waals surface area contributed by atoms with Crippen LogP contribution >= 0.6 is 0 Å². The van der Waals surface area contributed by atoms with Gasteiger partial charge in [-0.3, -0.25) is 4.79 Å². The number of carbonyl (C=O) groups is 1. The zero-order valence-corrected chi connectivity index (χ0v) is 11.6. The molecule has 0 bridgehead atoms. The molecule has 4 N–H and O–H groups in total. The van der Waals surface area contributed by atoms with Gasteiger partial charge in [0.25, 0.3) is 0 Å². The Kier molecular flexibility index (Phi) is 3.83. The van der Waals surface area contributed by atoms with Crippen molar-refractivity contribution in [3.05, 3.63) is 24.3 Å². The van der Waals surface area contributed by atoms with Crippen LogP contribution < -0.4 is 15.8 Å². The lowest BCUT2D eigenvalue weighted by Crippen LogP contribution is -2.54. The zero-order chi connectivity index (χ0) is 14.8. The molecule has 1 aliphatic carbocycles. The van der Waals surface area contributed by atoms with Gasteiger partial charge in [0.05, 0.1) is 7.11 Å². The zero-order valence-electron chi connectivity index (χ0n) is 11.6. The molecule has 0 spiro atoms. The number of amidine groups is 1. The van der Waals surface area contributed by atoms with E-state index in [2.05, 4.69) is 10.5 Å². The van der Waals surface area contributed by atoms with Gasteiger partial charge in [-0.2, -0.15) is 0 Å². The summed E-state index contributed by atoms with van der Waals surface area (Å²) >= 11 is 0. The largest absolute Gasteiger partial charge is 0.497 e. The van der Waals surface area contributed by atoms with Crippen molar-refractivity contribution in [3.63, 3.8) is 0 Å². The Morgan fingerprint density at radius 1 is 1.45 bits per heavy atom. The molecule has 108 valence electrons. The molecule has 1 aromatic rings. The third-order valence-electron chi connectivity index (χ3n) is 3.77. The molecule has 1 amide bonds. The van der Waals surface area contributed by atoms with Crippen molar-refractivity contribution < 1.29 is 14.7 Å². The van der Waals surface area contributed by atoms with E-state index in [-0.39, 0.29) is 11.7 Å². The average Bonchev–Trinajstić information content (AvgIpc) is 2.43. The first-order valence-corrected chi connectivity index (χ1v) is 6.45. The summed E-state index contributed by atoms with van der Waals surface area (Å²) < 4.78 is 5.06. The van der Waals surface area contributed by atoms with Gasteiger partial charge in [0.2, 0.25) is 5.91 Å². The van der Waals surface area contributed by atoms with E-state index in [9.17, 15) is 4.79 Å². The van der Waals surface area contributed by atoms with Gasteiger partial charge in [0.1, 0.15) is 11.2 Å². The molecule has 1 aromatic carbocycles. The van der Waals surface area contributed by atoms with Crippen LogP contribution in [-0.2, 0) is 4.79 Å². The Morgan fingerprint density at radius 2 is 2.05 bits per heavy atom. The molecule has 0 saturated heterocycles. The highest BCUT2D eigenvalue weighted by molar-refractivity contribution is 6.12.